The largest absolute Gasteiger partial charge is 0.507 e. The van der Waals surface area contributed by atoms with Crippen LogP contribution >= 0.6 is 0 Å². The van der Waals surface area contributed by atoms with Crippen molar-refractivity contribution in [3.63, 3.8) is 0 Å². The number of carbonyl (C=O) groups excluding carboxylic acids is 2. The minimum absolute atomic E-state index is 0.0208. The van der Waals surface area contributed by atoms with Crippen LogP contribution in [0.4, 0.5) is 0 Å². The van der Waals surface area contributed by atoms with Crippen LogP contribution in [0.3, 0.4) is 0 Å². The van der Waals surface area contributed by atoms with E-state index in [0.717, 1.165) is 7.11 Å². The lowest BCUT2D eigenvalue weighted by Gasteiger charge is -2.37. The highest BCUT2D eigenvalue weighted by atomic mass is 16.7. The molecule has 3 N–H and O–H groups in total. The lowest BCUT2D eigenvalue weighted by Crippen LogP contribution is -2.39. The van der Waals surface area contributed by atoms with Crippen molar-refractivity contribution in [2.24, 2.45) is 5.92 Å². The van der Waals surface area contributed by atoms with Gasteiger partial charge in [0, 0.05) is 35.3 Å². The van der Waals surface area contributed by atoms with E-state index < -0.39 is 17.4 Å². The number of benzene rings is 2. The van der Waals surface area contributed by atoms with Crippen molar-refractivity contribution in [1.29, 1.82) is 0 Å². The molecule has 0 saturated carbocycles. The molecular formula is C25H26O7. The summed E-state index contributed by atoms with van der Waals surface area (Å²) in [6, 6.07) is 6.49. The number of hydrogen-bond acceptors (Lipinski definition) is 7. The first-order valence-corrected chi connectivity index (χ1v) is 10.3. The molecule has 1 fully saturated rings. The van der Waals surface area contributed by atoms with E-state index in [1.807, 2.05) is 6.92 Å². The van der Waals surface area contributed by atoms with E-state index in [0.29, 0.717) is 43.6 Å². The summed E-state index contributed by atoms with van der Waals surface area (Å²) in [5.41, 5.74) is 1.36. The van der Waals surface area contributed by atoms with E-state index in [1.165, 1.54) is 0 Å². The van der Waals surface area contributed by atoms with Crippen molar-refractivity contribution < 1.29 is 34.4 Å². The van der Waals surface area contributed by atoms with E-state index in [4.69, 9.17) is 14.6 Å². The number of fused-ring (bicyclic) bond motifs is 3. The van der Waals surface area contributed by atoms with Crippen molar-refractivity contribution >= 4 is 11.6 Å². The van der Waals surface area contributed by atoms with Gasteiger partial charge in [-0.3, -0.25) is 9.59 Å². The van der Waals surface area contributed by atoms with Crippen LogP contribution in [0.15, 0.2) is 24.3 Å². The summed E-state index contributed by atoms with van der Waals surface area (Å²) in [5, 5.41) is 28.9. The van der Waals surface area contributed by atoms with Gasteiger partial charge in [0.25, 0.3) is 0 Å². The maximum absolute atomic E-state index is 13.0. The van der Waals surface area contributed by atoms with Crippen molar-refractivity contribution in [3.8, 4) is 24.3 Å². The number of ether oxygens (including phenoxy) is 2. The predicted octanol–water partition coefficient (Wildman–Crippen LogP) is 2.60. The highest BCUT2D eigenvalue weighted by Crippen LogP contribution is 2.48. The molecule has 1 aliphatic heterocycles. The Morgan fingerprint density at radius 3 is 1.88 bits per heavy atom. The average Bonchev–Trinajstić information content (AvgIpc) is 3.30. The number of rotatable bonds is 1. The molecule has 1 heterocycles. The molecule has 7 nitrogen and oxygen atoms in total. The van der Waals surface area contributed by atoms with Crippen LogP contribution < -0.4 is 0 Å². The van der Waals surface area contributed by atoms with Gasteiger partial charge in [0.1, 0.15) is 11.5 Å². The number of aliphatic hydroxyl groups excluding tert-OH is 1. The molecular weight excluding hydrogens is 412 g/mol. The third kappa shape index (κ3) is 3.47. The Morgan fingerprint density at radius 1 is 0.906 bits per heavy atom. The first-order chi connectivity index (χ1) is 15.4. The summed E-state index contributed by atoms with van der Waals surface area (Å²) in [7, 11) is 1.00. The minimum Gasteiger partial charge on any atom is -0.507 e. The molecule has 5 rings (SSSR count). The van der Waals surface area contributed by atoms with Crippen LogP contribution in [-0.2, 0) is 22.3 Å². The average molecular weight is 438 g/mol. The van der Waals surface area contributed by atoms with Gasteiger partial charge in [0.15, 0.2) is 17.4 Å². The molecule has 2 aromatic carbocycles. The van der Waals surface area contributed by atoms with E-state index in [9.17, 15) is 19.8 Å². The molecule has 1 saturated heterocycles. The van der Waals surface area contributed by atoms with Gasteiger partial charge in [-0.1, -0.05) is 24.3 Å². The van der Waals surface area contributed by atoms with Crippen LogP contribution in [0.25, 0.3) is 0 Å². The number of carbonyl (C=O) groups is 2. The SMILES string of the molecule is C#C.CC1(C2CCc3c(O)c4c(c(O)c3C2)C(=O)c2ccccc2C4=O)OCCO1.CO. The minimum atomic E-state index is -0.748. The lowest BCUT2D eigenvalue weighted by atomic mass is 9.74. The van der Waals surface area contributed by atoms with E-state index >= 15 is 0 Å². The fraction of sp³-hybridized carbons (Fsp3) is 0.360. The quantitative estimate of drug-likeness (QED) is 0.395. The lowest BCUT2D eigenvalue weighted by molar-refractivity contribution is -0.183. The molecule has 2 aliphatic carbocycles. The molecule has 0 spiro atoms. The van der Waals surface area contributed by atoms with Crippen LogP contribution in [0.2, 0.25) is 0 Å². The second-order valence-electron chi connectivity index (χ2n) is 7.76. The summed E-state index contributed by atoms with van der Waals surface area (Å²) >= 11 is 0. The van der Waals surface area contributed by atoms with Crippen molar-refractivity contribution in [3.05, 3.63) is 57.6 Å². The number of aromatic hydroxyl groups is 2. The second-order valence-corrected chi connectivity index (χ2v) is 7.76. The van der Waals surface area contributed by atoms with E-state index in [1.54, 1.807) is 24.3 Å². The molecule has 0 amide bonds. The molecule has 1 atom stereocenters. The maximum Gasteiger partial charge on any atom is 0.198 e. The number of hydrogen-bond donors (Lipinski definition) is 3. The summed E-state index contributed by atoms with van der Waals surface area (Å²) in [4.78, 5) is 26.0. The topological polar surface area (TPSA) is 113 Å². The van der Waals surface area contributed by atoms with Gasteiger partial charge >= 0.3 is 0 Å². The highest BCUT2D eigenvalue weighted by Gasteiger charge is 2.44. The van der Waals surface area contributed by atoms with Crippen molar-refractivity contribution in [1.82, 2.24) is 0 Å². The first-order valence-electron chi connectivity index (χ1n) is 10.3. The Balaban J connectivity index is 0.000000686. The summed E-state index contributed by atoms with van der Waals surface area (Å²) in [5.74, 6) is -2.04. The molecule has 3 aliphatic rings. The molecule has 32 heavy (non-hydrogen) atoms. The number of ketones is 2. The number of terminal acetylenes is 1. The first kappa shape index (κ1) is 23.5. The fourth-order valence-corrected chi connectivity index (χ4v) is 4.78. The van der Waals surface area contributed by atoms with Crippen LogP contribution in [0.5, 0.6) is 11.5 Å². The predicted molar refractivity (Wildman–Crippen MR) is 117 cm³/mol. The smallest absolute Gasteiger partial charge is 0.198 e. The normalized spacial score (nSPS) is 20.0. The van der Waals surface area contributed by atoms with Crippen LogP contribution in [0, 0.1) is 18.8 Å². The summed E-state index contributed by atoms with van der Waals surface area (Å²) < 4.78 is 11.5. The highest BCUT2D eigenvalue weighted by molar-refractivity contribution is 6.30. The third-order valence-corrected chi connectivity index (χ3v) is 6.33. The van der Waals surface area contributed by atoms with Crippen LogP contribution in [-0.4, -0.2) is 53.0 Å². The zero-order chi connectivity index (χ0) is 23.6. The Kier molecular flexibility index (Phi) is 6.70. The second kappa shape index (κ2) is 9.13. The zero-order valence-electron chi connectivity index (χ0n) is 18.1. The summed E-state index contributed by atoms with van der Waals surface area (Å²) in [6.07, 6.45) is 9.56. The van der Waals surface area contributed by atoms with Gasteiger partial charge in [-0.2, -0.15) is 0 Å². The molecule has 1 unspecified atom stereocenters. The maximum atomic E-state index is 13.0. The number of phenols is 2. The molecule has 7 heteroatoms. The Labute approximate surface area is 186 Å². The van der Waals surface area contributed by atoms with Gasteiger partial charge < -0.3 is 24.8 Å². The fourth-order valence-electron chi connectivity index (χ4n) is 4.78. The molecule has 2 aromatic rings. The Hall–Kier alpha value is -3.18. The van der Waals surface area contributed by atoms with Gasteiger partial charge in [-0.15, -0.1) is 12.8 Å². The van der Waals surface area contributed by atoms with Gasteiger partial charge in [0.05, 0.1) is 24.3 Å². The Bertz CT molecular complexity index is 1080. The molecule has 0 aromatic heterocycles. The summed E-state index contributed by atoms with van der Waals surface area (Å²) in [6.45, 7) is 2.92. The zero-order valence-corrected chi connectivity index (χ0v) is 18.1. The van der Waals surface area contributed by atoms with Gasteiger partial charge in [-0.05, 0) is 26.2 Å². The standard InChI is InChI=1S/C22H20O6.C2H2.CH4O/c1-22(27-8-9-28-22)11-6-7-14-15(10-11)21(26)17-16(20(14)25)18(23)12-4-2-3-5-13(12)19(17)24;2*1-2/h2-5,11,25-26H,6-10H2,1H3;1-2H;2H,1H3. The van der Waals surface area contributed by atoms with Crippen molar-refractivity contribution in [2.75, 3.05) is 20.3 Å². The molecule has 168 valence electrons. The van der Waals surface area contributed by atoms with E-state index in [2.05, 4.69) is 12.8 Å². The van der Waals surface area contributed by atoms with Gasteiger partial charge in [0.2, 0.25) is 0 Å². The third-order valence-electron chi connectivity index (χ3n) is 6.33. The number of aliphatic hydroxyl groups is 1. The monoisotopic (exact) mass is 438 g/mol. The Morgan fingerprint density at radius 2 is 1.38 bits per heavy atom. The number of phenolic OH excluding ortho intramolecular Hbond substituents is 2. The van der Waals surface area contributed by atoms with E-state index in [-0.39, 0.29) is 39.7 Å². The van der Waals surface area contributed by atoms with Gasteiger partial charge in [-0.25, -0.2) is 0 Å². The van der Waals surface area contributed by atoms with Crippen LogP contribution in [0.1, 0.15) is 56.3 Å². The van der Waals surface area contributed by atoms with Crippen molar-refractivity contribution in [2.45, 2.75) is 32.0 Å². The molecule has 0 radical (unpaired) electrons. The molecule has 0 bridgehead atoms.